The second-order valence-electron chi connectivity index (χ2n) is 12.4. The highest BCUT2D eigenvalue weighted by Gasteiger charge is 2.77. The number of alkyl halides is 1. The summed E-state index contributed by atoms with van der Waals surface area (Å²) in [5, 5.41) is 10.3. The Labute approximate surface area is 280 Å². The number of amides is 3. The molecule has 2 bridgehead atoms. The van der Waals surface area contributed by atoms with Crippen molar-refractivity contribution in [2.75, 3.05) is 42.6 Å². The van der Waals surface area contributed by atoms with Gasteiger partial charge in [0.2, 0.25) is 11.8 Å². The van der Waals surface area contributed by atoms with Gasteiger partial charge in [0.05, 0.1) is 30.6 Å². The molecule has 3 amide bonds. The minimum absolute atomic E-state index is 0.210. The molecule has 3 saturated heterocycles. The first kappa shape index (κ1) is 33.9. The maximum atomic E-state index is 14.8. The van der Waals surface area contributed by atoms with Crippen LogP contribution in [-0.4, -0.2) is 94.0 Å². The van der Waals surface area contributed by atoms with Crippen molar-refractivity contribution >= 4 is 45.0 Å². The highest BCUT2D eigenvalue weighted by atomic mass is 79.9. The molecular weight excluding hydrogens is 648 g/mol. The van der Waals surface area contributed by atoms with Crippen LogP contribution in [0.1, 0.15) is 32.8 Å². The Kier molecular flexibility index (Phi) is 10.4. The monoisotopic (exact) mass is 692 g/mol. The smallest absolute Gasteiger partial charge is 0.253 e. The normalized spacial score (nSPS) is 26.8. The van der Waals surface area contributed by atoms with Crippen molar-refractivity contribution in [1.29, 1.82) is 0 Å². The van der Waals surface area contributed by atoms with Crippen molar-refractivity contribution in [3.8, 4) is 0 Å². The Balaban J connectivity index is 1.54. The number of nitrogens with zero attached hydrogens (tertiary/aromatic N) is 4. The second-order valence-corrected chi connectivity index (χ2v) is 13.5. The molecule has 10 heteroatoms. The van der Waals surface area contributed by atoms with Crippen LogP contribution in [0.25, 0.3) is 0 Å². The van der Waals surface area contributed by atoms with E-state index in [1.54, 1.807) is 28.9 Å². The van der Waals surface area contributed by atoms with Gasteiger partial charge in [-0.3, -0.25) is 14.4 Å². The molecule has 0 radical (unpaired) electrons. The molecule has 3 unspecified atom stereocenters. The number of carbonyl (C=O) groups excluding carboxylic acids is 3. The topological polar surface area (TPSA) is 93.6 Å². The van der Waals surface area contributed by atoms with E-state index in [2.05, 4.69) is 47.8 Å². The number of anilines is 2. The molecule has 1 N–H and O–H groups in total. The lowest BCUT2D eigenvalue weighted by Crippen LogP contribution is -2.59. The van der Waals surface area contributed by atoms with Crippen molar-refractivity contribution < 1.29 is 24.2 Å². The van der Waals surface area contributed by atoms with Gasteiger partial charge in [0.25, 0.3) is 5.91 Å². The Morgan fingerprint density at radius 3 is 2.26 bits per heavy atom. The molecule has 9 nitrogen and oxygen atoms in total. The van der Waals surface area contributed by atoms with Crippen LogP contribution < -0.4 is 9.80 Å². The lowest BCUT2D eigenvalue weighted by molar-refractivity contribution is -0.147. The van der Waals surface area contributed by atoms with Gasteiger partial charge in [0, 0.05) is 48.9 Å². The first-order chi connectivity index (χ1) is 22.2. The van der Waals surface area contributed by atoms with Crippen LogP contribution in [0.4, 0.5) is 11.4 Å². The van der Waals surface area contributed by atoms with E-state index in [4.69, 9.17) is 4.74 Å². The third-order valence-electron chi connectivity index (χ3n) is 9.73. The molecule has 0 aromatic heterocycles. The first-order valence-electron chi connectivity index (χ1n) is 16.1. The van der Waals surface area contributed by atoms with E-state index in [1.807, 2.05) is 54.6 Å². The van der Waals surface area contributed by atoms with Crippen LogP contribution in [0.15, 0.2) is 79.9 Å². The summed E-state index contributed by atoms with van der Waals surface area (Å²) >= 11 is 3.77. The molecule has 5 rings (SSSR count). The molecular formula is C36H45BrN4O5. The fourth-order valence-corrected chi connectivity index (χ4v) is 8.57. The van der Waals surface area contributed by atoms with Gasteiger partial charge < -0.3 is 29.4 Å². The van der Waals surface area contributed by atoms with Crippen molar-refractivity contribution in [3.05, 3.63) is 85.5 Å². The van der Waals surface area contributed by atoms with Gasteiger partial charge in [-0.2, -0.15) is 0 Å². The Hall–Kier alpha value is -3.47. The van der Waals surface area contributed by atoms with Gasteiger partial charge in [-0.25, -0.2) is 0 Å². The summed E-state index contributed by atoms with van der Waals surface area (Å²) in [6.45, 7) is 15.9. The third kappa shape index (κ3) is 5.80. The molecule has 3 aliphatic heterocycles. The highest BCUT2D eigenvalue weighted by Crippen LogP contribution is 2.61. The molecule has 3 aliphatic rings. The second kappa shape index (κ2) is 14.1. The van der Waals surface area contributed by atoms with Gasteiger partial charge in [-0.1, -0.05) is 58.4 Å². The maximum absolute atomic E-state index is 14.8. The van der Waals surface area contributed by atoms with Crippen LogP contribution in [0.5, 0.6) is 0 Å². The summed E-state index contributed by atoms with van der Waals surface area (Å²) in [7, 11) is 0. The average molecular weight is 694 g/mol. The zero-order chi connectivity index (χ0) is 33.2. The summed E-state index contributed by atoms with van der Waals surface area (Å²) in [6, 6.07) is 15.8. The predicted octanol–water partition coefficient (Wildman–Crippen LogP) is 4.40. The van der Waals surface area contributed by atoms with E-state index in [0.717, 1.165) is 24.3 Å². The van der Waals surface area contributed by atoms with Crippen molar-refractivity contribution in [3.63, 3.8) is 0 Å². The van der Waals surface area contributed by atoms with Crippen molar-refractivity contribution in [2.24, 2.45) is 11.8 Å². The van der Waals surface area contributed by atoms with Crippen molar-refractivity contribution in [1.82, 2.24) is 9.80 Å². The lowest BCUT2D eigenvalue weighted by atomic mass is 9.70. The van der Waals surface area contributed by atoms with Crippen molar-refractivity contribution in [2.45, 2.75) is 62.4 Å². The number of hydrogen-bond acceptors (Lipinski definition) is 6. The zero-order valence-corrected chi connectivity index (χ0v) is 28.5. The van der Waals surface area contributed by atoms with E-state index >= 15 is 0 Å². The largest absolute Gasteiger partial charge is 0.394 e. The number of ether oxygens (including phenoxy) is 1. The van der Waals surface area contributed by atoms with Crippen LogP contribution >= 0.6 is 15.9 Å². The quantitative estimate of drug-likeness (QED) is 0.233. The summed E-state index contributed by atoms with van der Waals surface area (Å²) < 4.78 is 6.74. The highest BCUT2D eigenvalue weighted by molar-refractivity contribution is 9.09. The summed E-state index contributed by atoms with van der Waals surface area (Å²) in [4.78, 5) is 50.5. The molecule has 246 valence electrons. The average Bonchev–Trinajstić information content (AvgIpc) is 3.67. The minimum atomic E-state index is -1.25. The molecule has 2 aromatic carbocycles. The molecule has 0 aliphatic carbocycles. The number of rotatable bonds is 14. The molecule has 2 aromatic rings. The van der Waals surface area contributed by atoms with Crippen LogP contribution in [0.3, 0.4) is 0 Å². The van der Waals surface area contributed by atoms with E-state index in [9.17, 15) is 19.5 Å². The first-order valence-corrected chi connectivity index (χ1v) is 17.0. The van der Waals surface area contributed by atoms with Gasteiger partial charge in [-0.15, -0.1) is 13.2 Å². The van der Waals surface area contributed by atoms with E-state index in [-0.39, 0.29) is 35.7 Å². The number of likely N-dealkylation sites (tertiary alicyclic amines) is 1. The van der Waals surface area contributed by atoms with Crippen LogP contribution in [0, 0.1) is 11.8 Å². The SMILES string of the molecule is C=CCN(Cc1ccccc1)C(=O)[C@H]1[C@@H]2OC3(CC2Br)C(C(=O)N(CC=C)c2ccc(N(CC)CC)cc2)N([C@H](C)CO)C(=O)[C@H]13. The van der Waals surface area contributed by atoms with E-state index in [0.29, 0.717) is 25.2 Å². The summed E-state index contributed by atoms with van der Waals surface area (Å²) in [5.41, 5.74) is 1.43. The van der Waals surface area contributed by atoms with Gasteiger partial charge in [-0.05, 0) is 57.0 Å². The molecule has 46 heavy (non-hydrogen) atoms. The number of aliphatic hydroxyl groups excluding tert-OH is 1. The molecule has 3 fully saturated rings. The van der Waals surface area contributed by atoms with Crippen LogP contribution in [0.2, 0.25) is 0 Å². The minimum Gasteiger partial charge on any atom is -0.394 e. The molecule has 1 spiro atoms. The number of aliphatic hydroxyl groups is 1. The molecule has 7 atom stereocenters. The number of carbonyl (C=O) groups is 3. The Morgan fingerprint density at radius 2 is 1.67 bits per heavy atom. The van der Waals surface area contributed by atoms with Crippen LogP contribution in [-0.2, 0) is 25.7 Å². The maximum Gasteiger partial charge on any atom is 0.253 e. The number of halogens is 1. The molecule has 0 saturated carbocycles. The lowest BCUT2D eigenvalue weighted by Gasteiger charge is -2.38. The number of benzene rings is 2. The third-order valence-corrected chi connectivity index (χ3v) is 10.6. The number of fused-ring (bicyclic) bond motifs is 1. The predicted molar refractivity (Wildman–Crippen MR) is 184 cm³/mol. The summed E-state index contributed by atoms with van der Waals surface area (Å²) in [5.74, 6) is -2.55. The fourth-order valence-electron chi connectivity index (χ4n) is 7.63. The molecule has 3 heterocycles. The van der Waals surface area contributed by atoms with Gasteiger partial charge >= 0.3 is 0 Å². The van der Waals surface area contributed by atoms with E-state index in [1.165, 1.54) is 4.90 Å². The number of hydrogen-bond donors (Lipinski definition) is 1. The Morgan fingerprint density at radius 1 is 1.04 bits per heavy atom. The van der Waals surface area contributed by atoms with Gasteiger partial charge in [0.15, 0.2) is 0 Å². The fraction of sp³-hybridized carbons (Fsp3) is 0.472. The Bertz CT molecular complexity index is 1430. The standard InChI is InChI=1S/C36H45BrN4O5/c1-6-19-39(22-25-13-11-10-12-14-25)33(43)29-30-34(44)41(24(5)23-42)32(36(30)21-28(37)31(29)46-36)35(45)40(20-7-2)27-17-15-26(16-18-27)38(8-3)9-4/h6-7,10-18,24,28-32,42H,1-2,8-9,19-23H2,3-5H3/t24-,28?,29-,30+,31-,32?,36?/m1/s1. The zero-order valence-electron chi connectivity index (χ0n) is 26.9. The van der Waals surface area contributed by atoms with E-state index < -0.39 is 35.6 Å². The van der Waals surface area contributed by atoms with Gasteiger partial charge in [0.1, 0.15) is 11.6 Å². The summed E-state index contributed by atoms with van der Waals surface area (Å²) in [6.07, 6.45) is 3.13.